The zero-order valence-corrected chi connectivity index (χ0v) is 9.20. The quantitative estimate of drug-likeness (QED) is 0.818. The molecule has 0 unspecified atom stereocenters. The maximum absolute atomic E-state index is 5.76. The van der Waals surface area contributed by atoms with Crippen LogP contribution in [0.1, 0.15) is 26.2 Å². The van der Waals surface area contributed by atoms with Gasteiger partial charge in [-0.05, 0) is 37.9 Å². The van der Waals surface area contributed by atoms with Crippen molar-refractivity contribution in [3.05, 3.63) is 24.5 Å². The van der Waals surface area contributed by atoms with Crippen molar-refractivity contribution >= 4 is 0 Å². The molecule has 0 amide bonds. The van der Waals surface area contributed by atoms with Gasteiger partial charge in [0.1, 0.15) is 12.4 Å². The van der Waals surface area contributed by atoms with E-state index in [0.717, 1.165) is 25.3 Å². The number of hydrogen-bond donors (Lipinski definition) is 1. The van der Waals surface area contributed by atoms with Crippen LogP contribution in [-0.2, 0) is 0 Å². The molecule has 0 spiro atoms. The topological polar surface area (TPSA) is 34.1 Å². The molecule has 0 bridgehead atoms. The average Bonchev–Trinajstić information content (AvgIpc) is 2.77. The lowest BCUT2D eigenvalue weighted by Crippen LogP contribution is -2.44. The van der Waals surface area contributed by atoms with Crippen molar-refractivity contribution in [2.45, 2.75) is 31.7 Å². The molecule has 0 radical (unpaired) electrons. The molecule has 3 heteroatoms. The van der Waals surface area contributed by atoms with Crippen molar-refractivity contribution in [2.24, 2.45) is 0 Å². The third kappa shape index (κ3) is 2.48. The summed E-state index contributed by atoms with van der Waals surface area (Å²) in [5, 5.41) is 3.54. The Hall–Kier alpha value is -1.09. The van der Waals surface area contributed by atoms with Crippen LogP contribution in [0.3, 0.4) is 0 Å². The van der Waals surface area contributed by atoms with Gasteiger partial charge >= 0.3 is 0 Å². The molecule has 1 aliphatic heterocycles. The molecule has 0 aliphatic carbocycles. The summed E-state index contributed by atoms with van der Waals surface area (Å²) in [6.07, 6.45) is 7.11. The third-order valence-electron chi connectivity index (χ3n) is 3.16. The molecule has 3 nitrogen and oxygen atoms in total. The second-order valence-corrected chi connectivity index (χ2v) is 4.14. The molecule has 82 valence electrons. The highest BCUT2D eigenvalue weighted by Gasteiger charge is 2.32. The van der Waals surface area contributed by atoms with Gasteiger partial charge in [-0.15, -0.1) is 0 Å². The first-order valence-electron chi connectivity index (χ1n) is 5.62. The molecule has 2 heterocycles. The highest BCUT2D eigenvalue weighted by atomic mass is 16.5. The van der Waals surface area contributed by atoms with Gasteiger partial charge in [0.05, 0.1) is 11.7 Å². The summed E-state index contributed by atoms with van der Waals surface area (Å²) in [4.78, 5) is 4.03. The number of nitrogens with one attached hydrogen (secondary N) is 1. The second-order valence-electron chi connectivity index (χ2n) is 4.14. The summed E-state index contributed by atoms with van der Waals surface area (Å²) >= 11 is 0. The average molecular weight is 206 g/mol. The summed E-state index contributed by atoms with van der Waals surface area (Å²) in [5.74, 6) is 0.860. The Morgan fingerprint density at radius 3 is 3.13 bits per heavy atom. The van der Waals surface area contributed by atoms with Crippen molar-refractivity contribution in [3.63, 3.8) is 0 Å². The lowest BCUT2D eigenvalue weighted by atomic mass is 9.95. The minimum atomic E-state index is 0.190. The summed E-state index contributed by atoms with van der Waals surface area (Å²) in [7, 11) is 0. The number of aromatic nitrogens is 1. The first-order chi connectivity index (χ1) is 7.35. The molecule has 1 aliphatic rings. The van der Waals surface area contributed by atoms with Crippen molar-refractivity contribution in [1.29, 1.82) is 0 Å². The smallest absolute Gasteiger partial charge is 0.137 e. The highest BCUT2D eigenvalue weighted by molar-refractivity contribution is 5.15. The Labute approximate surface area is 90.9 Å². The van der Waals surface area contributed by atoms with E-state index in [2.05, 4.69) is 17.2 Å². The van der Waals surface area contributed by atoms with Crippen LogP contribution in [0, 0.1) is 0 Å². The number of rotatable bonds is 4. The van der Waals surface area contributed by atoms with Crippen molar-refractivity contribution < 1.29 is 4.74 Å². The van der Waals surface area contributed by atoms with E-state index in [-0.39, 0.29) is 5.54 Å². The predicted molar refractivity (Wildman–Crippen MR) is 60.0 cm³/mol. The Morgan fingerprint density at radius 1 is 1.60 bits per heavy atom. The Balaban J connectivity index is 1.92. The molecule has 1 fully saturated rings. The molecule has 15 heavy (non-hydrogen) atoms. The van der Waals surface area contributed by atoms with Gasteiger partial charge in [0.2, 0.25) is 0 Å². The van der Waals surface area contributed by atoms with Gasteiger partial charge in [-0.1, -0.05) is 6.92 Å². The van der Waals surface area contributed by atoms with E-state index in [0.29, 0.717) is 0 Å². The highest BCUT2D eigenvalue weighted by Crippen LogP contribution is 2.24. The molecule has 1 N–H and O–H groups in total. The lowest BCUT2D eigenvalue weighted by Gasteiger charge is -2.27. The van der Waals surface area contributed by atoms with Crippen LogP contribution in [0.15, 0.2) is 24.5 Å². The first kappa shape index (κ1) is 10.4. The fraction of sp³-hybridized carbons (Fsp3) is 0.583. The van der Waals surface area contributed by atoms with E-state index in [4.69, 9.17) is 4.74 Å². The van der Waals surface area contributed by atoms with Crippen LogP contribution >= 0.6 is 0 Å². The molecular formula is C12H18N2O. The van der Waals surface area contributed by atoms with Gasteiger partial charge in [0.15, 0.2) is 0 Å². The summed E-state index contributed by atoms with van der Waals surface area (Å²) in [5.41, 5.74) is 0.190. The van der Waals surface area contributed by atoms with E-state index in [9.17, 15) is 0 Å². The fourth-order valence-electron chi connectivity index (χ4n) is 2.05. The monoisotopic (exact) mass is 206 g/mol. The number of ether oxygens (including phenoxy) is 1. The SMILES string of the molecule is CC[C@@]1(COc2cccnc2)CCCN1. The lowest BCUT2D eigenvalue weighted by molar-refractivity contribution is 0.192. The van der Waals surface area contributed by atoms with Crippen LogP contribution < -0.4 is 10.1 Å². The van der Waals surface area contributed by atoms with Crippen molar-refractivity contribution in [2.75, 3.05) is 13.2 Å². The molecule has 1 atom stereocenters. The maximum atomic E-state index is 5.76. The number of pyridine rings is 1. The first-order valence-corrected chi connectivity index (χ1v) is 5.62. The van der Waals surface area contributed by atoms with E-state index in [1.165, 1.54) is 12.8 Å². The minimum Gasteiger partial charge on any atom is -0.490 e. The zero-order chi connectivity index (χ0) is 10.6. The molecule has 1 saturated heterocycles. The Kier molecular flexibility index (Phi) is 3.21. The normalized spacial score (nSPS) is 25.4. The second kappa shape index (κ2) is 4.62. The van der Waals surface area contributed by atoms with Crippen molar-refractivity contribution in [3.8, 4) is 5.75 Å². The summed E-state index contributed by atoms with van der Waals surface area (Å²) in [6.45, 7) is 4.07. The van der Waals surface area contributed by atoms with Gasteiger partial charge in [-0.3, -0.25) is 4.98 Å². The molecular weight excluding hydrogens is 188 g/mol. The molecule has 2 rings (SSSR count). The van der Waals surface area contributed by atoms with E-state index < -0.39 is 0 Å². The van der Waals surface area contributed by atoms with Crippen LogP contribution in [0.4, 0.5) is 0 Å². The van der Waals surface area contributed by atoms with E-state index in [1.54, 1.807) is 12.4 Å². The maximum Gasteiger partial charge on any atom is 0.137 e. The van der Waals surface area contributed by atoms with Crippen molar-refractivity contribution in [1.82, 2.24) is 10.3 Å². The van der Waals surface area contributed by atoms with Gasteiger partial charge < -0.3 is 10.1 Å². The third-order valence-corrected chi connectivity index (χ3v) is 3.16. The minimum absolute atomic E-state index is 0.190. The van der Waals surface area contributed by atoms with Crippen LogP contribution in [0.25, 0.3) is 0 Å². The van der Waals surface area contributed by atoms with Gasteiger partial charge in [-0.2, -0.15) is 0 Å². The summed E-state index contributed by atoms with van der Waals surface area (Å²) < 4.78 is 5.76. The fourth-order valence-corrected chi connectivity index (χ4v) is 2.05. The Bertz CT molecular complexity index is 294. The van der Waals surface area contributed by atoms with Crippen LogP contribution in [0.5, 0.6) is 5.75 Å². The molecule has 0 aromatic carbocycles. The van der Waals surface area contributed by atoms with E-state index in [1.807, 2.05) is 12.1 Å². The standard InChI is InChI=1S/C12H18N2O/c1-2-12(6-4-8-14-12)10-15-11-5-3-7-13-9-11/h3,5,7,9,14H,2,4,6,8,10H2,1H3/t12-/m0/s1. The molecule has 1 aromatic rings. The van der Waals surface area contributed by atoms with Crippen LogP contribution in [-0.4, -0.2) is 23.7 Å². The number of nitrogens with zero attached hydrogens (tertiary/aromatic N) is 1. The number of hydrogen-bond acceptors (Lipinski definition) is 3. The molecule has 1 aromatic heterocycles. The zero-order valence-electron chi connectivity index (χ0n) is 9.20. The Morgan fingerprint density at radius 2 is 2.53 bits per heavy atom. The van der Waals surface area contributed by atoms with Crippen LogP contribution in [0.2, 0.25) is 0 Å². The summed E-state index contributed by atoms with van der Waals surface area (Å²) in [6, 6.07) is 3.85. The largest absolute Gasteiger partial charge is 0.490 e. The predicted octanol–water partition coefficient (Wildman–Crippen LogP) is 1.99. The van der Waals surface area contributed by atoms with E-state index >= 15 is 0 Å². The van der Waals surface area contributed by atoms with Gasteiger partial charge in [-0.25, -0.2) is 0 Å². The molecule has 0 saturated carbocycles. The van der Waals surface area contributed by atoms with Gasteiger partial charge in [0.25, 0.3) is 0 Å². The van der Waals surface area contributed by atoms with Gasteiger partial charge in [0, 0.05) is 6.20 Å².